The maximum Gasteiger partial charge on any atom is 0.209 e. The van der Waals surface area contributed by atoms with Crippen LogP contribution in [0.1, 0.15) is 67.8 Å². The van der Waals surface area contributed by atoms with Crippen molar-refractivity contribution >= 4 is 23.8 Å². The first-order chi connectivity index (χ1) is 15.0. The SMILES string of the molecule is CC(C)N(C=O)CC1CCC(C/C=C/c2nc3c(s2)CCCc2ccc(F)cc2-3)CC1. The van der Waals surface area contributed by atoms with Crippen molar-refractivity contribution in [3.8, 4) is 11.3 Å². The van der Waals surface area contributed by atoms with Gasteiger partial charge in [0.2, 0.25) is 6.41 Å². The van der Waals surface area contributed by atoms with Gasteiger partial charge in [0, 0.05) is 23.0 Å². The molecule has 1 aromatic heterocycles. The Bertz CT molecular complexity index is 927. The summed E-state index contributed by atoms with van der Waals surface area (Å²) >= 11 is 1.76. The zero-order valence-corrected chi connectivity index (χ0v) is 19.5. The van der Waals surface area contributed by atoms with Gasteiger partial charge < -0.3 is 4.90 Å². The van der Waals surface area contributed by atoms with Crippen molar-refractivity contribution in [1.82, 2.24) is 9.88 Å². The lowest BCUT2D eigenvalue weighted by Gasteiger charge is -2.32. The van der Waals surface area contributed by atoms with Crippen LogP contribution in [0.2, 0.25) is 0 Å². The first-order valence-electron chi connectivity index (χ1n) is 11.7. The van der Waals surface area contributed by atoms with E-state index in [0.29, 0.717) is 5.92 Å². The third-order valence-electron chi connectivity index (χ3n) is 6.85. The Balaban J connectivity index is 1.33. The summed E-state index contributed by atoms with van der Waals surface area (Å²) < 4.78 is 13.8. The lowest BCUT2D eigenvalue weighted by atomic mass is 9.80. The van der Waals surface area contributed by atoms with E-state index in [1.165, 1.54) is 36.1 Å². The fourth-order valence-electron chi connectivity index (χ4n) is 4.93. The number of allylic oxidation sites excluding steroid dienone is 1. The fraction of sp³-hybridized carbons (Fsp3) is 0.538. The number of halogens is 1. The number of amides is 1. The van der Waals surface area contributed by atoms with Gasteiger partial charge in [0.15, 0.2) is 0 Å². The predicted octanol–water partition coefficient (Wildman–Crippen LogP) is 6.51. The molecule has 0 saturated heterocycles. The van der Waals surface area contributed by atoms with Crippen LogP contribution < -0.4 is 0 Å². The Morgan fingerprint density at radius 1 is 1.19 bits per heavy atom. The van der Waals surface area contributed by atoms with Crippen molar-refractivity contribution < 1.29 is 9.18 Å². The topological polar surface area (TPSA) is 33.2 Å². The maximum absolute atomic E-state index is 13.8. The zero-order valence-electron chi connectivity index (χ0n) is 18.6. The van der Waals surface area contributed by atoms with Gasteiger partial charge in [0.1, 0.15) is 10.8 Å². The highest BCUT2D eigenvalue weighted by Gasteiger charge is 2.23. The zero-order chi connectivity index (χ0) is 21.8. The molecule has 1 aromatic carbocycles. The number of rotatable bonds is 7. The second-order valence-electron chi connectivity index (χ2n) is 9.40. The molecule has 0 atom stereocenters. The first-order valence-corrected chi connectivity index (χ1v) is 12.5. The number of thiazole rings is 1. The van der Waals surface area contributed by atoms with Gasteiger partial charge in [-0.3, -0.25) is 4.79 Å². The Kier molecular flexibility index (Phi) is 7.21. The van der Waals surface area contributed by atoms with Gasteiger partial charge in [-0.2, -0.15) is 0 Å². The molecule has 166 valence electrons. The van der Waals surface area contributed by atoms with E-state index in [1.54, 1.807) is 23.5 Å². The van der Waals surface area contributed by atoms with Crippen LogP contribution >= 0.6 is 11.3 Å². The van der Waals surface area contributed by atoms with Gasteiger partial charge in [-0.15, -0.1) is 11.3 Å². The number of nitrogens with zero attached hydrogens (tertiary/aromatic N) is 2. The lowest BCUT2D eigenvalue weighted by molar-refractivity contribution is -0.120. The molecule has 5 heteroatoms. The minimum Gasteiger partial charge on any atom is -0.343 e. The molecule has 0 aliphatic heterocycles. The molecule has 1 amide bonds. The van der Waals surface area contributed by atoms with Gasteiger partial charge >= 0.3 is 0 Å². The number of aryl methyl sites for hydroxylation is 2. The van der Waals surface area contributed by atoms with Crippen molar-refractivity contribution in [3.05, 3.63) is 45.5 Å². The van der Waals surface area contributed by atoms with E-state index in [2.05, 4.69) is 26.0 Å². The molecule has 1 saturated carbocycles. The molecule has 2 aromatic rings. The number of fused-ring (bicyclic) bond motifs is 3. The molecule has 0 bridgehead atoms. The average molecular weight is 441 g/mol. The van der Waals surface area contributed by atoms with Crippen molar-refractivity contribution in [3.63, 3.8) is 0 Å². The van der Waals surface area contributed by atoms with E-state index < -0.39 is 0 Å². The Labute approximate surface area is 189 Å². The van der Waals surface area contributed by atoms with Crippen LogP contribution in [-0.2, 0) is 17.6 Å². The van der Waals surface area contributed by atoms with Crippen molar-refractivity contribution in [2.24, 2.45) is 11.8 Å². The lowest BCUT2D eigenvalue weighted by Crippen LogP contribution is -2.35. The van der Waals surface area contributed by atoms with Gasteiger partial charge in [-0.05, 0) is 101 Å². The van der Waals surface area contributed by atoms with Crippen LogP contribution in [0.15, 0.2) is 24.3 Å². The van der Waals surface area contributed by atoms with E-state index in [9.17, 15) is 9.18 Å². The van der Waals surface area contributed by atoms with E-state index in [1.807, 2.05) is 11.0 Å². The highest BCUT2D eigenvalue weighted by Crippen LogP contribution is 2.37. The van der Waals surface area contributed by atoms with Gasteiger partial charge in [-0.1, -0.05) is 12.1 Å². The summed E-state index contributed by atoms with van der Waals surface area (Å²) in [7, 11) is 0. The highest BCUT2D eigenvalue weighted by molar-refractivity contribution is 7.13. The van der Waals surface area contributed by atoms with Crippen LogP contribution in [-0.4, -0.2) is 28.9 Å². The van der Waals surface area contributed by atoms with E-state index in [0.717, 1.165) is 60.8 Å². The number of aromatic nitrogens is 1. The molecule has 0 spiro atoms. The second-order valence-corrected chi connectivity index (χ2v) is 10.5. The van der Waals surface area contributed by atoms with Crippen LogP contribution in [0, 0.1) is 17.7 Å². The van der Waals surface area contributed by atoms with Crippen LogP contribution in [0.5, 0.6) is 0 Å². The van der Waals surface area contributed by atoms with E-state index in [-0.39, 0.29) is 11.9 Å². The second kappa shape index (κ2) is 10.1. The third kappa shape index (κ3) is 5.43. The average Bonchev–Trinajstić information content (AvgIpc) is 3.09. The van der Waals surface area contributed by atoms with E-state index in [4.69, 9.17) is 4.98 Å². The monoisotopic (exact) mass is 440 g/mol. The summed E-state index contributed by atoms with van der Waals surface area (Å²) in [5.74, 6) is 1.18. The summed E-state index contributed by atoms with van der Waals surface area (Å²) in [4.78, 5) is 19.3. The highest BCUT2D eigenvalue weighted by atomic mass is 32.1. The summed E-state index contributed by atoms with van der Waals surface area (Å²) in [5.41, 5.74) is 3.18. The molecule has 1 fully saturated rings. The van der Waals surface area contributed by atoms with Crippen LogP contribution in [0.25, 0.3) is 17.3 Å². The Hall–Kier alpha value is -2.01. The molecular formula is C26H33FN2OS. The minimum atomic E-state index is -0.183. The maximum atomic E-state index is 13.8. The molecule has 31 heavy (non-hydrogen) atoms. The molecular weight excluding hydrogens is 407 g/mol. The molecule has 0 unspecified atom stereocenters. The predicted molar refractivity (Wildman–Crippen MR) is 127 cm³/mol. The largest absolute Gasteiger partial charge is 0.343 e. The molecule has 2 aliphatic rings. The van der Waals surface area contributed by atoms with Gasteiger partial charge in [0.05, 0.1) is 5.69 Å². The summed E-state index contributed by atoms with van der Waals surface area (Å²) in [6.07, 6.45) is 14.5. The van der Waals surface area contributed by atoms with Crippen molar-refractivity contribution in [2.45, 2.75) is 71.3 Å². The number of hydrogen-bond donors (Lipinski definition) is 0. The quantitative estimate of drug-likeness (QED) is 0.460. The minimum absolute atomic E-state index is 0.183. The molecule has 4 rings (SSSR count). The Morgan fingerprint density at radius 3 is 2.71 bits per heavy atom. The molecule has 0 radical (unpaired) electrons. The molecule has 0 N–H and O–H groups in total. The summed E-state index contributed by atoms with van der Waals surface area (Å²) in [6.45, 7) is 5.06. The van der Waals surface area contributed by atoms with Gasteiger partial charge in [0.25, 0.3) is 0 Å². The fourth-order valence-corrected chi connectivity index (χ4v) is 5.98. The smallest absolute Gasteiger partial charge is 0.209 e. The van der Waals surface area contributed by atoms with Gasteiger partial charge in [-0.25, -0.2) is 9.37 Å². The molecule has 2 aliphatic carbocycles. The van der Waals surface area contributed by atoms with E-state index >= 15 is 0 Å². The normalized spacial score (nSPS) is 21.0. The van der Waals surface area contributed by atoms with Crippen LogP contribution in [0.3, 0.4) is 0 Å². The summed E-state index contributed by atoms with van der Waals surface area (Å²) in [5, 5.41) is 1.04. The number of hydrogen-bond acceptors (Lipinski definition) is 3. The van der Waals surface area contributed by atoms with Crippen LogP contribution in [0.4, 0.5) is 4.39 Å². The summed E-state index contributed by atoms with van der Waals surface area (Å²) in [6, 6.07) is 5.41. The Morgan fingerprint density at radius 2 is 1.97 bits per heavy atom. The number of benzene rings is 1. The number of carbonyl (C=O) groups is 1. The first kappa shape index (κ1) is 22.2. The standard InChI is InChI=1S/C26H33FN2OS/c1-18(2)29(17-30)16-20-11-9-19(10-12-20)5-3-8-25-28-26-23-15-22(27)14-13-21(23)6-4-7-24(26)31-25/h3,8,13-15,17-20H,4-7,9-12,16H2,1-2H3/b8-3+. The molecule has 3 nitrogen and oxygen atoms in total. The van der Waals surface area contributed by atoms with Crippen molar-refractivity contribution in [2.75, 3.05) is 6.54 Å². The third-order valence-corrected chi connectivity index (χ3v) is 7.94. The molecule has 1 heterocycles. The van der Waals surface area contributed by atoms with Crippen molar-refractivity contribution in [1.29, 1.82) is 0 Å². The number of carbonyl (C=O) groups excluding carboxylic acids is 1.